The van der Waals surface area contributed by atoms with E-state index in [4.69, 9.17) is 9.26 Å². The highest BCUT2D eigenvalue weighted by molar-refractivity contribution is 6.00. The van der Waals surface area contributed by atoms with Gasteiger partial charge in [0.1, 0.15) is 11.4 Å². The first-order valence-electron chi connectivity index (χ1n) is 9.37. The van der Waals surface area contributed by atoms with Gasteiger partial charge >= 0.3 is 0 Å². The van der Waals surface area contributed by atoms with Crippen molar-refractivity contribution in [2.24, 2.45) is 5.92 Å². The van der Waals surface area contributed by atoms with E-state index in [1.807, 2.05) is 54.6 Å². The topological polar surface area (TPSA) is 84.7 Å². The summed E-state index contributed by atoms with van der Waals surface area (Å²) in [7, 11) is 1.60. The zero-order valence-corrected chi connectivity index (χ0v) is 16.0. The molecule has 2 aromatic carbocycles. The molecule has 0 radical (unpaired) electrons. The Bertz CT molecular complexity index is 1020. The van der Waals surface area contributed by atoms with Crippen LogP contribution in [-0.2, 0) is 16.1 Å². The van der Waals surface area contributed by atoms with Gasteiger partial charge in [-0.3, -0.25) is 9.59 Å². The number of hydrogen-bond donors (Lipinski definition) is 1. The summed E-state index contributed by atoms with van der Waals surface area (Å²) >= 11 is 0. The van der Waals surface area contributed by atoms with Gasteiger partial charge < -0.3 is 19.5 Å². The van der Waals surface area contributed by atoms with Crippen molar-refractivity contribution in [3.8, 4) is 17.1 Å². The molecule has 1 aromatic heterocycles. The van der Waals surface area contributed by atoms with Crippen LogP contribution in [0.4, 0.5) is 5.69 Å². The molecule has 1 fully saturated rings. The number of rotatable bonds is 6. The van der Waals surface area contributed by atoms with Gasteiger partial charge in [0.2, 0.25) is 11.8 Å². The fourth-order valence-corrected chi connectivity index (χ4v) is 3.37. The SMILES string of the molecule is COc1cccc(-c2cc(CNC(=O)[C@H]3CC(=O)N(c4ccccc4)C3)no2)c1. The highest BCUT2D eigenvalue weighted by Crippen LogP contribution is 2.26. The molecule has 2 amide bonds. The largest absolute Gasteiger partial charge is 0.497 e. The molecule has 1 atom stereocenters. The number of methoxy groups -OCH3 is 1. The lowest BCUT2D eigenvalue weighted by molar-refractivity contribution is -0.126. The molecule has 0 bridgehead atoms. The van der Waals surface area contributed by atoms with Gasteiger partial charge in [-0.1, -0.05) is 35.5 Å². The van der Waals surface area contributed by atoms with Crippen molar-refractivity contribution in [3.05, 3.63) is 66.4 Å². The van der Waals surface area contributed by atoms with Crippen molar-refractivity contribution >= 4 is 17.5 Å². The van der Waals surface area contributed by atoms with Gasteiger partial charge in [0.15, 0.2) is 5.76 Å². The number of hydrogen-bond acceptors (Lipinski definition) is 5. The minimum atomic E-state index is -0.382. The predicted octanol–water partition coefficient (Wildman–Crippen LogP) is 3.02. The van der Waals surface area contributed by atoms with Gasteiger partial charge in [0.25, 0.3) is 0 Å². The lowest BCUT2D eigenvalue weighted by atomic mass is 10.1. The Morgan fingerprint density at radius 1 is 1.21 bits per heavy atom. The Hall–Kier alpha value is -3.61. The van der Waals surface area contributed by atoms with Crippen LogP contribution >= 0.6 is 0 Å². The normalized spacial score (nSPS) is 16.1. The van der Waals surface area contributed by atoms with Gasteiger partial charge in [-0.2, -0.15) is 0 Å². The van der Waals surface area contributed by atoms with Crippen LogP contribution in [0.1, 0.15) is 12.1 Å². The number of benzene rings is 2. The number of carbonyl (C=O) groups is 2. The summed E-state index contributed by atoms with van der Waals surface area (Å²) in [5, 5.41) is 6.87. The van der Waals surface area contributed by atoms with Crippen LogP contribution < -0.4 is 15.0 Å². The molecule has 3 aromatic rings. The Morgan fingerprint density at radius 2 is 2.03 bits per heavy atom. The molecule has 148 valence electrons. The molecule has 1 N–H and O–H groups in total. The van der Waals surface area contributed by atoms with E-state index in [-0.39, 0.29) is 30.7 Å². The highest BCUT2D eigenvalue weighted by atomic mass is 16.5. The summed E-state index contributed by atoms with van der Waals surface area (Å²) in [6, 6.07) is 18.6. The first kappa shape index (κ1) is 18.7. The predicted molar refractivity (Wildman–Crippen MR) is 107 cm³/mol. The van der Waals surface area contributed by atoms with Crippen LogP contribution in [-0.4, -0.2) is 30.6 Å². The van der Waals surface area contributed by atoms with E-state index in [0.717, 1.165) is 17.0 Å². The summed E-state index contributed by atoms with van der Waals surface area (Å²) in [6.07, 6.45) is 0.203. The smallest absolute Gasteiger partial charge is 0.227 e. The Balaban J connectivity index is 1.36. The van der Waals surface area contributed by atoms with E-state index in [1.165, 1.54) is 0 Å². The van der Waals surface area contributed by atoms with E-state index < -0.39 is 0 Å². The molecule has 7 heteroatoms. The quantitative estimate of drug-likeness (QED) is 0.698. The first-order valence-corrected chi connectivity index (χ1v) is 9.37. The number of para-hydroxylation sites is 1. The number of anilines is 1. The molecule has 0 spiro atoms. The minimum absolute atomic E-state index is 0.0434. The number of nitrogens with zero attached hydrogens (tertiary/aromatic N) is 2. The monoisotopic (exact) mass is 391 g/mol. The van der Waals surface area contributed by atoms with Crippen LogP contribution in [0.25, 0.3) is 11.3 Å². The standard InChI is InChI=1S/C22H21N3O4/c1-28-19-9-5-6-15(10-19)20-12-17(24-29-20)13-23-22(27)16-11-21(26)25(14-16)18-7-3-2-4-8-18/h2-10,12,16H,11,13-14H2,1H3,(H,23,27)/t16-/m0/s1. The number of ether oxygens (including phenoxy) is 1. The van der Waals surface area contributed by atoms with Crippen molar-refractivity contribution in [2.45, 2.75) is 13.0 Å². The van der Waals surface area contributed by atoms with Crippen LogP contribution in [0.15, 0.2) is 65.2 Å². The summed E-state index contributed by atoms with van der Waals surface area (Å²) in [5.74, 6) is 0.732. The number of amides is 2. The van der Waals surface area contributed by atoms with Crippen molar-refractivity contribution < 1.29 is 18.8 Å². The fraction of sp³-hybridized carbons (Fsp3) is 0.227. The van der Waals surface area contributed by atoms with Crippen molar-refractivity contribution in [1.29, 1.82) is 0 Å². The van der Waals surface area contributed by atoms with Gasteiger partial charge in [0.05, 0.1) is 19.6 Å². The summed E-state index contributed by atoms with van der Waals surface area (Å²) in [5.41, 5.74) is 2.27. The first-order chi connectivity index (χ1) is 14.1. The maximum Gasteiger partial charge on any atom is 0.227 e. The zero-order valence-electron chi connectivity index (χ0n) is 16.0. The molecule has 1 saturated heterocycles. The molecule has 4 rings (SSSR count). The zero-order chi connectivity index (χ0) is 20.2. The van der Waals surface area contributed by atoms with Gasteiger partial charge in [-0.15, -0.1) is 0 Å². The summed E-state index contributed by atoms with van der Waals surface area (Å²) < 4.78 is 10.6. The molecule has 2 heterocycles. The third kappa shape index (κ3) is 4.13. The molecule has 7 nitrogen and oxygen atoms in total. The lowest BCUT2D eigenvalue weighted by Crippen LogP contribution is -2.32. The molecule has 0 aliphatic carbocycles. The van der Waals surface area contributed by atoms with Crippen molar-refractivity contribution in [3.63, 3.8) is 0 Å². The molecule has 1 aliphatic rings. The maximum atomic E-state index is 12.5. The lowest BCUT2D eigenvalue weighted by Gasteiger charge is -2.16. The third-order valence-electron chi connectivity index (χ3n) is 4.92. The van der Waals surface area contributed by atoms with Crippen LogP contribution in [0.3, 0.4) is 0 Å². The number of nitrogens with one attached hydrogen (secondary N) is 1. The highest BCUT2D eigenvalue weighted by Gasteiger charge is 2.35. The van der Waals surface area contributed by atoms with E-state index in [1.54, 1.807) is 18.1 Å². The summed E-state index contributed by atoms with van der Waals surface area (Å²) in [6.45, 7) is 0.616. The van der Waals surface area contributed by atoms with Crippen LogP contribution in [0.5, 0.6) is 5.75 Å². The van der Waals surface area contributed by atoms with Gasteiger partial charge in [0, 0.05) is 30.3 Å². The molecule has 0 unspecified atom stereocenters. The Kier molecular flexibility index (Phi) is 5.29. The van der Waals surface area contributed by atoms with Gasteiger partial charge in [-0.05, 0) is 24.3 Å². The number of aromatic nitrogens is 1. The Morgan fingerprint density at radius 3 is 2.83 bits per heavy atom. The molecular weight excluding hydrogens is 370 g/mol. The average molecular weight is 391 g/mol. The molecular formula is C22H21N3O4. The second kappa shape index (κ2) is 8.18. The minimum Gasteiger partial charge on any atom is -0.497 e. The molecule has 29 heavy (non-hydrogen) atoms. The maximum absolute atomic E-state index is 12.5. The van der Waals surface area contributed by atoms with E-state index in [0.29, 0.717) is 18.0 Å². The van der Waals surface area contributed by atoms with E-state index in [9.17, 15) is 9.59 Å². The van der Waals surface area contributed by atoms with E-state index >= 15 is 0 Å². The molecule has 1 aliphatic heterocycles. The third-order valence-corrected chi connectivity index (χ3v) is 4.92. The van der Waals surface area contributed by atoms with Crippen LogP contribution in [0, 0.1) is 5.92 Å². The average Bonchev–Trinajstić information content (AvgIpc) is 3.39. The second-order valence-electron chi connectivity index (χ2n) is 6.87. The van der Waals surface area contributed by atoms with Crippen molar-refractivity contribution in [1.82, 2.24) is 10.5 Å². The van der Waals surface area contributed by atoms with Crippen molar-refractivity contribution in [2.75, 3.05) is 18.6 Å². The second-order valence-corrected chi connectivity index (χ2v) is 6.87. The Labute approximate surface area is 168 Å². The fourth-order valence-electron chi connectivity index (χ4n) is 3.37. The van der Waals surface area contributed by atoms with Gasteiger partial charge in [-0.25, -0.2) is 0 Å². The van der Waals surface area contributed by atoms with E-state index in [2.05, 4.69) is 10.5 Å². The number of carbonyl (C=O) groups excluding carboxylic acids is 2. The summed E-state index contributed by atoms with van der Waals surface area (Å²) in [4.78, 5) is 26.5. The van der Waals surface area contributed by atoms with Crippen LogP contribution in [0.2, 0.25) is 0 Å². The molecule has 0 saturated carbocycles.